The molecule has 0 atom stereocenters. The summed E-state index contributed by atoms with van der Waals surface area (Å²) in [5.41, 5.74) is 12.4. The number of hydrogen-bond acceptors (Lipinski definition) is 3. The minimum atomic E-state index is 0.934. The molecule has 0 radical (unpaired) electrons. The van der Waals surface area contributed by atoms with Crippen LogP contribution in [-0.2, 0) is 0 Å². The average molecular weight is 256 g/mol. The first kappa shape index (κ1) is 12.3. The van der Waals surface area contributed by atoms with Gasteiger partial charge in [0.1, 0.15) is 5.75 Å². The number of ether oxygens (including phenoxy) is 1. The Kier molecular flexibility index (Phi) is 3.07. The van der Waals surface area contributed by atoms with Crippen LogP contribution in [0.5, 0.6) is 5.75 Å². The monoisotopic (exact) mass is 256 g/mol. The average Bonchev–Trinajstić information content (AvgIpc) is 2.40. The standard InChI is InChI=1S/C16H20N2O/c1-11-9-18(6-5-16(11)17)10-13-7-12-3-4-14(19-2)8-15(12)13/h3-4,7-8H,5-6,9-10,17H2,1-2H3. The third-order valence-corrected chi connectivity index (χ3v) is 4.04. The summed E-state index contributed by atoms with van der Waals surface area (Å²) in [5.74, 6) is 0.934. The van der Waals surface area contributed by atoms with Crippen molar-refractivity contribution in [1.82, 2.24) is 4.90 Å². The van der Waals surface area contributed by atoms with E-state index in [0.29, 0.717) is 0 Å². The van der Waals surface area contributed by atoms with Gasteiger partial charge in [0.2, 0.25) is 0 Å². The first-order valence-corrected chi connectivity index (χ1v) is 6.73. The summed E-state index contributed by atoms with van der Waals surface area (Å²) in [4.78, 5) is 2.46. The highest BCUT2D eigenvalue weighted by molar-refractivity contribution is 5.96. The molecule has 0 bridgehead atoms. The number of hydrogen-bond donors (Lipinski definition) is 1. The molecule has 100 valence electrons. The van der Waals surface area contributed by atoms with Gasteiger partial charge in [0.15, 0.2) is 0 Å². The molecule has 3 nitrogen and oxygen atoms in total. The molecule has 1 heterocycles. The fourth-order valence-electron chi connectivity index (χ4n) is 2.77. The molecule has 1 aromatic carbocycles. The summed E-state index contributed by atoms with van der Waals surface area (Å²) in [6.07, 6.45) is 3.26. The lowest BCUT2D eigenvalue weighted by molar-refractivity contribution is 0.318. The second-order valence-electron chi connectivity index (χ2n) is 5.39. The van der Waals surface area contributed by atoms with Gasteiger partial charge in [-0.25, -0.2) is 0 Å². The van der Waals surface area contributed by atoms with Gasteiger partial charge < -0.3 is 10.5 Å². The van der Waals surface area contributed by atoms with Gasteiger partial charge in [-0.05, 0) is 53.8 Å². The zero-order chi connectivity index (χ0) is 13.4. The quantitative estimate of drug-likeness (QED) is 0.903. The molecule has 1 aliphatic carbocycles. The Morgan fingerprint density at radius 3 is 2.95 bits per heavy atom. The van der Waals surface area contributed by atoms with Gasteiger partial charge in [0.05, 0.1) is 7.11 Å². The highest BCUT2D eigenvalue weighted by Crippen LogP contribution is 2.36. The van der Waals surface area contributed by atoms with Crippen molar-refractivity contribution >= 4 is 11.6 Å². The first-order chi connectivity index (χ1) is 9.17. The molecule has 2 N–H and O–H groups in total. The summed E-state index contributed by atoms with van der Waals surface area (Å²) in [6.45, 7) is 5.18. The number of nitrogens with two attached hydrogens (primary N) is 1. The molecule has 1 aromatic rings. The van der Waals surface area contributed by atoms with Crippen LogP contribution in [0.2, 0.25) is 0 Å². The summed E-state index contributed by atoms with van der Waals surface area (Å²) in [7, 11) is 1.71. The number of nitrogens with zero attached hydrogens (tertiary/aromatic N) is 1. The minimum absolute atomic E-state index is 0.934. The Morgan fingerprint density at radius 2 is 2.21 bits per heavy atom. The Labute approximate surface area is 114 Å². The van der Waals surface area contributed by atoms with E-state index in [0.717, 1.165) is 37.5 Å². The molecule has 2 aliphatic rings. The van der Waals surface area contributed by atoms with Crippen LogP contribution < -0.4 is 10.5 Å². The smallest absolute Gasteiger partial charge is 0.119 e. The number of benzene rings is 1. The van der Waals surface area contributed by atoms with Crippen LogP contribution in [0.25, 0.3) is 11.6 Å². The molecule has 0 spiro atoms. The molecule has 3 heteroatoms. The van der Waals surface area contributed by atoms with Gasteiger partial charge in [-0.3, -0.25) is 4.90 Å². The molecule has 3 rings (SSSR count). The van der Waals surface area contributed by atoms with Crippen LogP contribution in [0, 0.1) is 0 Å². The van der Waals surface area contributed by atoms with Crippen molar-refractivity contribution in [3.05, 3.63) is 40.6 Å². The maximum Gasteiger partial charge on any atom is 0.119 e. The highest BCUT2D eigenvalue weighted by atomic mass is 16.5. The van der Waals surface area contributed by atoms with Crippen LogP contribution in [0.15, 0.2) is 29.5 Å². The van der Waals surface area contributed by atoms with Crippen molar-refractivity contribution in [3.8, 4) is 5.75 Å². The first-order valence-electron chi connectivity index (χ1n) is 6.73. The van der Waals surface area contributed by atoms with Crippen LogP contribution in [-0.4, -0.2) is 31.6 Å². The van der Waals surface area contributed by atoms with Crippen molar-refractivity contribution in [2.75, 3.05) is 26.7 Å². The molecule has 0 aromatic heterocycles. The number of fused-ring (bicyclic) bond motifs is 1. The molecule has 0 unspecified atom stereocenters. The molecule has 1 aliphatic heterocycles. The lowest BCUT2D eigenvalue weighted by atomic mass is 9.87. The SMILES string of the molecule is COc1ccc2c(c1)C(CN1CCC(N)=C(C)C1)=C2. The van der Waals surface area contributed by atoms with E-state index in [1.54, 1.807) is 7.11 Å². The molecular weight excluding hydrogens is 236 g/mol. The Bertz CT molecular complexity index is 572. The lowest BCUT2D eigenvalue weighted by Gasteiger charge is -2.31. The van der Waals surface area contributed by atoms with E-state index in [2.05, 4.69) is 30.0 Å². The largest absolute Gasteiger partial charge is 0.497 e. The fraction of sp³-hybridized carbons (Fsp3) is 0.375. The van der Waals surface area contributed by atoms with Gasteiger partial charge in [0.25, 0.3) is 0 Å². The van der Waals surface area contributed by atoms with E-state index in [-0.39, 0.29) is 0 Å². The Balaban J connectivity index is 1.69. The molecule has 0 amide bonds. The predicted octanol–water partition coefficient (Wildman–Crippen LogP) is 2.49. The van der Waals surface area contributed by atoms with Crippen LogP contribution in [0.4, 0.5) is 0 Å². The summed E-state index contributed by atoms with van der Waals surface area (Å²) in [5, 5.41) is 0. The molecule has 0 fully saturated rings. The van der Waals surface area contributed by atoms with Crippen molar-refractivity contribution in [2.24, 2.45) is 5.73 Å². The van der Waals surface area contributed by atoms with E-state index in [1.165, 1.54) is 22.3 Å². The van der Waals surface area contributed by atoms with Crippen molar-refractivity contribution in [1.29, 1.82) is 0 Å². The van der Waals surface area contributed by atoms with Gasteiger partial charge in [0, 0.05) is 25.3 Å². The predicted molar refractivity (Wildman–Crippen MR) is 78.8 cm³/mol. The van der Waals surface area contributed by atoms with Crippen LogP contribution in [0.3, 0.4) is 0 Å². The van der Waals surface area contributed by atoms with Crippen LogP contribution >= 0.6 is 0 Å². The van der Waals surface area contributed by atoms with Crippen LogP contribution in [0.1, 0.15) is 24.5 Å². The van der Waals surface area contributed by atoms with E-state index in [4.69, 9.17) is 10.5 Å². The Morgan fingerprint density at radius 1 is 1.37 bits per heavy atom. The molecular formula is C16H20N2O. The second-order valence-corrected chi connectivity index (χ2v) is 5.39. The van der Waals surface area contributed by atoms with Gasteiger partial charge >= 0.3 is 0 Å². The minimum Gasteiger partial charge on any atom is -0.497 e. The molecule has 0 saturated carbocycles. The summed E-state index contributed by atoms with van der Waals surface area (Å²) < 4.78 is 5.29. The van der Waals surface area contributed by atoms with Gasteiger partial charge in [-0.2, -0.15) is 0 Å². The van der Waals surface area contributed by atoms with Gasteiger partial charge in [-0.15, -0.1) is 0 Å². The highest BCUT2D eigenvalue weighted by Gasteiger charge is 2.21. The second kappa shape index (κ2) is 4.74. The maximum absolute atomic E-state index is 5.95. The van der Waals surface area contributed by atoms with Crippen molar-refractivity contribution in [3.63, 3.8) is 0 Å². The van der Waals surface area contributed by atoms with Crippen molar-refractivity contribution in [2.45, 2.75) is 13.3 Å². The number of methoxy groups -OCH3 is 1. The normalized spacial score (nSPS) is 18.7. The fourth-order valence-corrected chi connectivity index (χ4v) is 2.77. The summed E-state index contributed by atoms with van der Waals surface area (Å²) in [6, 6.07) is 6.27. The zero-order valence-electron chi connectivity index (χ0n) is 11.6. The zero-order valence-corrected chi connectivity index (χ0v) is 11.6. The lowest BCUT2D eigenvalue weighted by Crippen LogP contribution is -2.34. The Hall–Kier alpha value is -1.74. The number of rotatable bonds is 3. The van der Waals surface area contributed by atoms with E-state index in [1.807, 2.05) is 6.07 Å². The third-order valence-electron chi connectivity index (χ3n) is 4.04. The molecule has 0 saturated heterocycles. The maximum atomic E-state index is 5.95. The van der Waals surface area contributed by atoms with E-state index >= 15 is 0 Å². The van der Waals surface area contributed by atoms with E-state index in [9.17, 15) is 0 Å². The summed E-state index contributed by atoms with van der Waals surface area (Å²) >= 11 is 0. The topological polar surface area (TPSA) is 38.5 Å². The molecule has 19 heavy (non-hydrogen) atoms. The van der Waals surface area contributed by atoms with Gasteiger partial charge in [-0.1, -0.05) is 6.07 Å². The third kappa shape index (κ3) is 2.26. The van der Waals surface area contributed by atoms with Crippen molar-refractivity contribution < 1.29 is 4.74 Å². The van der Waals surface area contributed by atoms with E-state index < -0.39 is 0 Å².